The Morgan fingerprint density at radius 3 is 2.65 bits per heavy atom. The predicted octanol–water partition coefficient (Wildman–Crippen LogP) is 0.327. The van der Waals surface area contributed by atoms with Gasteiger partial charge in [0.15, 0.2) is 0 Å². The monoisotopic (exact) mass is 284 g/mol. The van der Waals surface area contributed by atoms with Crippen molar-refractivity contribution in [3.05, 3.63) is 29.6 Å². The van der Waals surface area contributed by atoms with Gasteiger partial charge >= 0.3 is 0 Å². The van der Waals surface area contributed by atoms with E-state index < -0.39 is 11.7 Å². The molecule has 0 spiro atoms. The minimum Gasteiger partial charge on any atom is -0.496 e. The minimum atomic E-state index is -0.580. The smallest absolute Gasteiger partial charge is 0.255 e. The lowest BCUT2D eigenvalue weighted by Crippen LogP contribution is -2.38. The molecule has 0 radical (unpaired) electrons. The van der Waals surface area contributed by atoms with Crippen molar-refractivity contribution in [2.45, 2.75) is 0 Å². The molecule has 7 heteroatoms. The van der Waals surface area contributed by atoms with Gasteiger partial charge in [0.05, 0.1) is 25.8 Å². The zero-order valence-electron chi connectivity index (χ0n) is 11.4. The number of carbonyl (C=O) groups excluding carboxylic acids is 2. The second-order valence-corrected chi connectivity index (χ2v) is 3.87. The van der Waals surface area contributed by atoms with Gasteiger partial charge in [-0.15, -0.1) is 0 Å². The van der Waals surface area contributed by atoms with E-state index in [4.69, 9.17) is 9.47 Å². The third-order valence-corrected chi connectivity index (χ3v) is 2.44. The number of halogens is 1. The maximum absolute atomic E-state index is 13.1. The number of rotatable bonds is 7. The fourth-order valence-electron chi connectivity index (χ4n) is 1.47. The van der Waals surface area contributed by atoms with Crippen molar-refractivity contribution in [3.63, 3.8) is 0 Å². The number of methoxy groups -OCH3 is 2. The van der Waals surface area contributed by atoms with Gasteiger partial charge in [-0.1, -0.05) is 0 Å². The highest BCUT2D eigenvalue weighted by molar-refractivity contribution is 5.98. The Kier molecular flexibility index (Phi) is 6.45. The van der Waals surface area contributed by atoms with Crippen molar-refractivity contribution >= 4 is 11.8 Å². The van der Waals surface area contributed by atoms with Crippen molar-refractivity contribution in [1.29, 1.82) is 0 Å². The summed E-state index contributed by atoms with van der Waals surface area (Å²) in [5.41, 5.74) is 0.0391. The molecule has 1 rings (SSSR count). The van der Waals surface area contributed by atoms with Gasteiger partial charge in [0.25, 0.3) is 5.91 Å². The summed E-state index contributed by atoms with van der Waals surface area (Å²) in [6.07, 6.45) is 0. The van der Waals surface area contributed by atoms with Crippen molar-refractivity contribution < 1.29 is 23.5 Å². The minimum absolute atomic E-state index is 0.0391. The van der Waals surface area contributed by atoms with E-state index in [1.165, 1.54) is 26.4 Å². The van der Waals surface area contributed by atoms with E-state index in [0.717, 1.165) is 6.07 Å². The number of amides is 2. The van der Waals surface area contributed by atoms with E-state index >= 15 is 0 Å². The Bertz CT molecular complexity index is 479. The lowest BCUT2D eigenvalue weighted by atomic mass is 10.2. The quantitative estimate of drug-likeness (QED) is 0.707. The normalized spacial score (nSPS) is 9.95. The van der Waals surface area contributed by atoms with Crippen LogP contribution in [-0.2, 0) is 9.53 Å². The number of benzene rings is 1. The van der Waals surface area contributed by atoms with E-state index in [-0.39, 0.29) is 23.8 Å². The maximum atomic E-state index is 13.1. The zero-order valence-corrected chi connectivity index (χ0v) is 11.4. The van der Waals surface area contributed by atoms with Crippen molar-refractivity contribution in [2.75, 3.05) is 33.9 Å². The van der Waals surface area contributed by atoms with E-state index in [1.807, 2.05) is 0 Å². The number of hydrogen-bond donors (Lipinski definition) is 2. The van der Waals surface area contributed by atoms with Crippen LogP contribution in [-0.4, -0.2) is 45.7 Å². The first-order chi connectivity index (χ1) is 9.58. The molecule has 0 saturated heterocycles. The molecule has 1 aromatic carbocycles. The third kappa shape index (κ3) is 4.85. The molecular formula is C13H17FN2O4. The van der Waals surface area contributed by atoms with Crippen LogP contribution in [0.4, 0.5) is 4.39 Å². The summed E-state index contributed by atoms with van der Waals surface area (Å²) in [5.74, 6) is -1.25. The summed E-state index contributed by atoms with van der Waals surface area (Å²) < 4.78 is 22.9. The first-order valence-electron chi connectivity index (χ1n) is 5.96. The number of nitrogens with one attached hydrogen (secondary N) is 2. The first kappa shape index (κ1) is 15.9. The molecule has 0 unspecified atom stereocenters. The van der Waals surface area contributed by atoms with Crippen LogP contribution >= 0.6 is 0 Å². The highest BCUT2D eigenvalue weighted by atomic mass is 19.1. The lowest BCUT2D eigenvalue weighted by Gasteiger charge is -2.09. The lowest BCUT2D eigenvalue weighted by molar-refractivity contribution is -0.120. The molecule has 0 atom stereocenters. The highest BCUT2D eigenvalue weighted by Crippen LogP contribution is 2.18. The molecule has 20 heavy (non-hydrogen) atoms. The molecule has 0 aliphatic carbocycles. The largest absolute Gasteiger partial charge is 0.496 e. The second kappa shape index (κ2) is 8.11. The van der Waals surface area contributed by atoms with Crippen molar-refractivity contribution in [3.8, 4) is 5.75 Å². The molecule has 0 saturated carbocycles. The number of carbonyl (C=O) groups is 2. The Labute approximate surface area is 116 Å². The standard InChI is InChI=1S/C13H17FN2O4/c1-19-6-5-15-12(17)8-16-13(18)10-7-9(14)3-4-11(10)20-2/h3-4,7H,5-6,8H2,1-2H3,(H,15,17)(H,16,18). The molecular weight excluding hydrogens is 267 g/mol. The third-order valence-electron chi connectivity index (χ3n) is 2.44. The van der Waals surface area contributed by atoms with E-state index in [2.05, 4.69) is 10.6 Å². The van der Waals surface area contributed by atoms with Gasteiger partial charge in [-0.25, -0.2) is 4.39 Å². The van der Waals surface area contributed by atoms with Gasteiger partial charge in [-0.05, 0) is 18.2 Å². The molecule has 0 aliphatic rings. The van der Waals surface area contributed by atoms with Gasteiger partial charge in [0.2, 0.25) is 5.91 Å². The van der Waals surface area contributed by atoms with Crippen LogP contribution in [0.2, 0.25) is 0 Å². The van der Waals surface area contributed by atoms with Crippen LogP contribution in [0.25, 0.3) is 0 Å². The van der Waals surface area contributed by atoms with Crippen LogP contribution in [0, 0.1) is 5.82 Å². The van der Waals surface area contributed by atoms with Crippen LogP contribution in [0.5, 0.6) is 5.75 Å². The molecule has 0 aliphatic heterocycles. The van der Waals surface area contributed by atoms with E-state index in [9.17, 15) is 14.0 Å². The van der Waals surface area contributed by atoms with E-state index in [1.54, 1.807) is 0 Å². The molecule has 6 nitrogen and oxygen atoms in total. The Morgan fingerprint density at radius 2 is 2.00 bits per heavy atom. The van der Waals surface area contributed by atoms with Crippen LogP contribution in [0.15, 0.2) is 18.2 Å². The average molecular weight is 284 g/mol. The van der Waals surface area contributed by atoms with Crippen LogP contribution in [0.3, 0.4) is 0 Å². The summed E-state index contributed by atoms with van der Waals surface area (Å²) in [5, 5.41) is 4.94. The van der Waals surface area contributed by atoms with Gasteiger partial charge in [-0.2, -0.15) is 0 Å². The fourth-order valence-corrected chi connectivity index (χ4v) is 1.47. The van der Waals surface area contributed by atoms with Crippen LogP contribution < -0.4 is 15.4 Å². The Balaban J connectivity index is 2.54. The molecule has 0 bridgehead atoms. The van der Waals surface area contributed by atoms with Gasteiger partial charge in [0.1, 0.15) is 11.6 Å². The van der Waals surface area contributed by atoms with Crippen molar-refractivity contribution in [1.82, 2.24) is 10.6 Å². The second-order valence-electron chi connectivity index (χ2n) is 3.87. The molecule has 0 aromatic heterocycles. The molecule has 1 aromatic rings. The Hall–Kier alpha value is -2.15. The fraction of sp³-hybridized carbons (Fsp3) is 0.385. The van der Waals surface area contributed by atoms with Crippen molar-refractivity contribution in [2.24, 2.45) is 0 Å². The molecule has 0 heterocycles. The van der Waals surface area contributed by atoms with E-state index in [0.29, 0.717) is 13.2 Å². The van der Waals surface area contributed by atoms with Crippen LogP contribution in [0.1, 0.15) is 10.4 Å². The zero-order chi connectivity index (χ0) is 15.0. The summed E-state index contributed by atoms with van der Waals surface area (Å²) in [6, 6.07) is 3.59. The summed E-state index contributed by atoms with van der Waals surface area (Å²) in [7, 11) is 2.89. The Morgan fingerprint density at radius 1 is 1.25 bits per heavy atom. The highest BCUT2D eigenvalue weighted by Gasteiger charge is 2.14. The first-order valence-corrected chi connectivity index (χ1v) is 5.96. The van der Waals surface area contributed by atoms with Gasteiger partial charge < -0.3 is 20.1 Å². The topological polar surface area (TPSA) is 76.7 Å². The number of ether oxygens (including phenoxy) is 2. The maximum Gasteiger partial charge on any atom is 0.255 e. The molecule has 110 valence electrons. The summed E-state index contributed by atoms with van der Waals surface area (Å²) >= 11 is 0. The summed E-state index contributed by atoms with van der Waals surface area (Å²) in [6.45, 7) is 0.536. The predicted molar refractivity (Wildman–Crippen MR) is 70.2 cm³/mol. The van der Waals surface area contributed by atoms with Gasteiger partial charge in [0, 0.05) is 13.7 Å². The van der Waals surface area contributed by atoms with Gasteiger partial charge in [-0.3, -0.25) is 9.59 Å². The summed E-state index contributed by atoms with van der Waals surface area (Å²) in [4.78, 5) is 23.2. The molecule has 2 amide bonds. The average Bonchev–Trinajstić information content (AvgIpc) is 2.45. The molecule has 2 N–H and O–H groups in total. The molecule has 0 fully saturated rings. The SMILES string of the molecule is COCCNC(=O)CNC(=O)c1cc(F)ccc1OC. The number of hydrogen-bond acceptors (Lipinski definition) is 4.